The highest BCUT2D eigenvalue weighted by molar-refractivity contribution is 6.31. The number of rotatable bonds is 7. The maximum Gasteiger partial charge on any atom is 0.220 e. The summed E-state index contributed by atoms with van der Waals surface area (Å²) < 4.78 is 0. The van der Waals surface area contributed by atoms with E-state index in [0.29, 0.717) is 13.0 Å². The summed E-state index contributed by atoms with van der Waals surface area (Å²) in [6.07, 6.45) is 3.17. The summed E-state index contributed by atoms with van der Waals surface area (Å²) in [5.74, 6) is 0.102. The standard InChI is InChI=1S/C25H23ClN2O/c26-21-11-12-24-23(15-21)20(17-28-24)13-14-27-25(29)16-22(18-7-3-1-4-8-18)19-9-5-2-6-10-19/h1-12,15,17,22,28H,13-14,16H2,(H,27,29). The molecule has 4 aromatic rings. The minimum Gasteiger partial charge on any atom is -0.361 e. The number of benzene rings is 3. The molecule has 1 heterocycles. The van der Waals surface area contributed by atoms with Gasteiger partial charge in [-0.1, -0.05) is 72.3 Å². The lowest BCUT2D eigenvalue weighted by Gasteiger charge is -2.18. The Morgan fingerprint density at radius 2 is 1.59 bits per heavy atom. The second-order valence-corrected chi connectivity index (χ2v) is 7.62. The zero-order valence-corrected chi connectivity index (χ0v) is 16.8. The fourth-order valence-corrected chi connectivity index (χ4v) is 3.92. The third-order valence-electron chi connectivity index (χ3n) is 5.24. The van der Waals surface area contributed by atoms with Gasteiger partial charge in [-0.25, -0.2) is 0 Å². The second kappa shape index (κ2) is 8.97. The molecule has 4 heteroatoms. The summed E-state index contributed by atoms with van der Waals surface area (Å²) in [5, 5.41) is 4.91. The smallest absolute Gasteiger partial charge is 0.220 e. The number of hydrogen-bond acceptors (Lipinski definition) is 1. The molecule has 0 aliphatic rings. The lowest BCUT2D eigenvalue weighted by atomic mass is 9.88. The molecule has 0 fully saturated rings. The molecule has 0 aliphatic heterocycles. The number of aromatic nitrogens is 1. The van der Waals surface area contributed by atoms with Gasteiger partial charge in [0, 0.05) is 41.0 Å². The van der Waals surface area contributed by atoms with E-state index in [4.69, 9.17) is 11.6 Å². The second-order valence-electron chi connectivity index (χ2n) is 7.18. The van der Waals surface area contributed by atoms with E-state index in [1.807, 2.05) is 60.8 Å². The number of hydrogen-bond donors (Lipinski definition) is 2. The van der Waals surface area contributed by atoms with Crippen LogP contribution < -0.4 is 5.32 Å². The summed E-state index contributed by atoms with van der Waals surface area (Å²) in [6, 6.07) is 26.2. The Kier molecular flexibility index (Phi) is 5.97. The highest BCUT2D eigenvalue weighted by Crippen LogP contribution is 2.28. The van der Waals surface area contributed by atoms with E-state index in [1.165, 1.54) is 0 Å². The molecule has 3 nitrogen and oxygen atoms in total. The van der Waals surface area contributed by atoms with Crippen LogP contribution in [0.4, 0.5) is 0 Å². The molecule has 1 aromatic heterocycles. The number of carbonyl (C=O) groups excluding carboxylic acids is 1. The summed E-state index contributed by atoms with van der Waals surface area (Å²) in [7, 11) is 0. The number of halogens is 1. The van der Waals surface area contributed by atoms with Crippen LogP contribution in [0.25, 0.3) is 10.9 Å². The molecule has 146 valence electrons. The number of fused-ring (bicyclic) bond motifs is 1. The highest BCUT2D eigenvalue weighted by Gasteiger charge is 2.18. The van der Waals surface area contributed by atoms with Crippen LogP contribution in [0.5, 0.6) is 0 Å². The van der Waals surface area contributed by atoms with Gasteiger partial charge in [-0.3, -0.25) is 4.79 Å². The first-order valence-electron chi connectivity index (χ1n) is 9.83. The highest BCUT2D eigenvalue weighted by atomic mass is 35.5. The molecule has 0 radical (unpaired) electrons. The van der Waals surface area contributed by atoms with E-state index >= 15 is 0 Å². The number of nitrogens with one attached hydrogen (secondary N) is 2. The van der Waals surface area contributed by atoms with Crippen LogP contribution in [-0.2, 0) is 11.2 Å². The Morgan fingerprint density at radius 3 is 2.24 bits per heavy atom. The topological polar surface area (TPSA) is 44.9 Å². The third kappa shape index (κ3) is 4.69. The predicted octanol–water partition coefficient (Wildman–Crippen LogP) is 5.70. The van der Waals surface area contributed by atoms with Crippen molar-refractivity contribution in [2.45, 2.75) is 18.8 Å². The van der Waals surface area contributed by atoms with Crippen molar-refractivity contribution in [1.29, 1.82) is 0 Å². The van der Waals surface area contributed by atoms with Crippen molar-refractivity contribution in [1.82, 2.24) is 10.3 Å². The van der Waals surface area contributed by atoms with E-state index in [0.717, 1.165) is 39.0 Å². The van der Waals surface area contributed by atoms with Gasteiger partial charge in [-0.2, -0.15) is 0 Å². The molecule has 4 rings (SSSR count). The van der Waals surface area contributed by atoms with Gasteiger partial charge in [0.15, 0.2) is 0 Å². The van der Waals surface area contributed by atoms with Crippen LogP contribution in [-0.4, -0.2) is 17.4 Å². The van der Waals surface area contributed by atoms with E-state index in [-0.39, 0.29) is 11.8 Å². The first-order chi connectivity index (χ1) is 14.2. The van der Waals surface area contributed by atoms with Crippen molar-refractivity contribution in [2.75, 3.05) is 6.54 Å². The van der Waals surface area contributed by atoms with Crippen LogP contribution >= 0.6 is 11.6 Å². The Morgan fingerprint density at radius 1 is 0.931 bits per heavy atom. The molecular formula is C25H23ClN2O. The Balaban J connectivity index is 1.41. The van der Waals surface area contributed by atoms with Crippen molar-refractivity contribution in [3.8, 4) is 0 Å². The number of H-pyrrole nitrogens is 1. The van der Waals surface area contributed by atoms with E-state index < -0.39 is 0 Å². The molecule has 3 aromatic carbocycles. The maximum atomic E-state index is 12.7. The third-order valence-corrected chi connectivity index (χ3v) is 5.47. The van der Waals surface area contributed by atoms with Crippen LogP contribution in [0, 0.1) is 0 Å². The Hall–Kier alpha value is -3.04. The minimum atomic E-state index is 0.0456. The van der Waals surface area contributed by atoms with Crippen molar-refractivity contribution >= 4 is 28.4 Å². The first-order valence-corrected chi connectivity index (χ1v) is 10.2. The molecule has 0 atom stereocenters. The van der Waals surface area contributed by atoms with Crippen molar-refractivity contribution in [3.05, 3.63) is 107 Å². The molecule has 0 saturated carbocycles. The van der Waals surface area contributed by atoms with E-state index in [9.17, 15) is 4.79 Å². The number of aromatic amines is 1. The first kappa shape index (κ1) is 19.3. The van der Waals surface area contributed by atoms with Gasteiger partial charge < -0.3 is 10.3 Å². The maximum absolute atomic E-state index is 12.7. The molecule has 2 N–H and O–H groups in total. The van der Waals surface area contributed by atoms with Gasteiger partial charge in [0.05, 0.1) is 0 Å². The van der Waals surface area contributed by atoms with Crippen LogP contribution in [0.1, 0.15) is 29.0 Å². The lowest BCUT2D eigenvalue weighted by Crippen LogP contribution is -2.27. The molecule has 0 unspecified atom stereocenters. The lowest BCUT2D eigenvalue weighted by molar-refractivity contribution is -0.121. The zero-order chi connectivity index (χ0) is 20.1. The average molecular weight is 403 g/mol. The molecule has 0 spiro atoms. The largest absolute Gasteiger partial charge is 0.361 e. The van der Waals surface area contributed by atoms with E-state index in [2.05, 4.69) is 34.6 Å². The van der Waals surface area contributed by atoms with E-state index in [1.54, 1.807) is 0 Å². The zero-order valence-electron chi connectivity index (χ0n) is 16.1. The quantitative estimate of drug-likeness (QED) is 0.409. The Bertz CT molecular complexity index is 1050. The SMILES string of the molecule is O=C(CC(c1ccccc1)c1ccccc1)NCCc1c[nH]c2ccc(Cl)cc12. The van der Waals surface area contributed by atoms with Gasteiger partial charge in [-0.05, 0) is 41.3 Å². The fraction of sp³-hybridized carbons (Fsp3) is 0.160. The predicted molar refractivity (Wildman–Crippen MR) is 119 cm³/mol. The number of amides is 1. The van der Waals surface area contributed by atoms with Crippen LogP contribution in [0.3, 0.4) is 0 Å². The van der Waals surface area contributed by atoms with Gasteiger partial charge >= 0.3 is 0 Å². The summed E-state index contributed by atoms with van der Waals surface area (Å²) in [5.41, 5.74) is 4.52. The Labute approximate surface area is 175 Å². The monoisotopic (exact) mass is 402 g/mol. The van der Waals surface area contributed by atoms with Crippen LogP contribution in [0.2, 0.25) is 5.02 Å². The molecule has 0 aliphatic carbocycles. The molecule has 0 bridgehead atoms. The summed E-state index contributed by atoms with van der Waals surface area (Å²) in [6.45, 7) is 0.592. The van der Waals surface area contributed by atoms with Gasteiger partial charge in [0.25, 0.3) is 0 Å². The van der Waals surface area contributed by atoms with Crippen molar-refractivity contribution < 1.29 is 4.79 Å². The van der Waals surface area contributed by atoms with Crippen molar-refractivity contribution in [2.24, 2.45) is 0 Å². The summed E-state index contributed by atoms with van der Waals surface area (Å²) >= 11 is 6.12. The van der Waals surface area contributed by atoms with Crippen molar-refractivity contribution in [3.63, 3.8) is 0 Å². The average Bonchev–Trinajstić information content (AvgIpc) is 3.15. The molecular weight excluding hydrogens is 380 g/mol. The van der Waals surface area contributed by atoms with Gasteiger partial charge in [0.2, 0.25) is 5.91 Å². The van der Waals surface area contributed by atoms with Gasteiger partial charge in [0.1, 0.15) is 0 Å². The van der Waals surface area contributed by atoms with Gasteiger partial charge in [-0.15, -0.1) is 0 Å². The van der Waals surface area contributed by atoms with Crippen LogP contribution in [0.15, 0.2) is 85.1 Å². The molecule has 29 heavy (non-hydrogen) atoms. The number of carbonyl (C=O) groups is 1. The molecule has 0 saturated heterocycles. The summed E-state index contributed by atoms with van der Waals surface area (Å²) in [4.78, 5) is 16.0. The minimum absolute atomic E-state index is 0.0456. The molecule has 1 amide bonds. The fourth-order valence-electron chi connectivity index (χ4n) is 3.75. The normalized spacial score (nSPS) is 11.1.